The van der Waals surface area contributed by atoms with Crippen LogP contribution in [0.4, 0.5) is 0 Å². The third-order valence-electron chi connectivity index (χ3n) is 2.07. The minimum Gasteiger partial charge on any atom is -0.480 e. The first-order valence-electron chi connectivity index (χ1n) is 5.73. The molecular weight excluding hydrogens is 276 g/mol. The molecule has 10 N–H and O–H groups in total. The minimum atomic E-state index is -0.955. The van der Waals surface area contributed by atoms with Crippen molar-refractivity contribution in [3.8, 4) is 0 Å². The summed E-state index contributed by atoms with van der Waals surface area (Å²) in [7, 11) is 0. The minimum absolute atomic E-state index is 0. The zero-order valence-corrected chi connectivity index (χ0v) is 11.6. The maximum Gasteiger partial charge on any atom is 0.320 e. The quantitative estimate of drug-likeness (QED) is 0.320. The van der Waals surface area contributed by atoms with Crippen molar-refractivity contribution < 1.29 is 19.8 Å². The largest absolute Gasteiger partial charge is 0.480 e. The van der Waals surface area contributed by atoms with E-state index in [9.17, 15) is 9.59 Å². The normalized spacial score (nSPS) is 12.4. The van der Waals surface area contributed by atoms with Gasteiger partial charge in [-0.15, -0.1) is 12.4 Å². The van der Waals surface area contributed by atoms with E-state index in [1.807, 2.05) is 0 Å². The van der Waals surface area contributed by atoms with Gasteiger partial charge in [-0.2, -0.15) is 0 Å². The summed E-state index contributed by atoms with van der Waals surface area (Å²) in [6.07, 6.45) is 2.28. The lowest BCUT2D eigenvalue weighted by Crippen LogP contribution is -2.30. The summed E-state index contributed by atoms with van der Waals surface area (Å²) in [5, 5.41) is 16.5. The molecule has 8 nitrogen and oxygen atoms in total. The number of hydrogen-bond donors (Lipinski definition) is 6. The number of carboxylic acid groups (broad SMARTS) is 2. The molecule has 0 saturated heterocycles. The highest BCUT2D eigenvalue weighted by Crippen LogP contribution is 1.91. The fourth-order valence-electron chi connectivity index (χ4n) is 0.922. The van der Waals surface area contributed by atoms with E-state index in [0.29, 0.717) is 38.8 Å². The van der Waals surface area contributed by atoms with Crippen molar-refractivity contribution in [2.24, 2.45) is 22.9 Å². The number of carboxylic acids is 2. The Morgan fingerprint density at radius 2 is 1.11 bits per heavy atom. The van der Waals surface area contributed by atoms with Crippen LogP contribution < -0.4 is 22.9 Å². The van der Waals surface area contributed by atoms with Gasteiger partial charge in [0.15, 0.2) is 0 Å². The molecule has 0 heterocycles. The summed E-state index contributed by atoms with van der Waals surface area (Å²) >= 11 is 0. The third-order valence-corrected chi connectivity index (χ3v) is 2.07. The van der Waals surface area contributed by atoms with Gasteiger partial charge in [0.1, 0.15) is 12.1 Å². The van der Waals surface area contributed by atoms with Crippen LogP contribution in [-0.2, 0) is 9.59 Å². The monoisotopic (exact) mass is 300 g/mol. The van der Waals surface area contributed by atoms with Crippen molar-refractivity contribution in [2.45, 2.75) is 37.8 Å². The molecule has 0 aromatic carbocycles. The SMILES string of the molecule is Cl.NCCC[C@H](N)C(=O)O.NCCC[C@H](N)C(=O)O. The topological polar surface area (TPSA) is 179 Å². The molecule has 0 aromatic heterocycles. The molecule has 0 spiro atoms. The van der Waals surface area contributed by atoms with Gasteiger partial charge in [0.2, 0.25) is 0 Å². The van der Waals surface area contributed by atoms with Gasteiger partial charge in [-0.1, -0.05) is 0 Å². The molecule has 0 bridgehead atoms. The molecule has 0 unspecified atom stereocenters. The summed E-state index contributed by atoms with van der Waals surface area (Å²) < 4.78 is 0. The van der Waals surface area contributed by atoms with Crippen molar-refractivity contribution >= 4 is 24.3 Å². The highest BCUT2D eigenvalue weighted by molar-refractivity contribution is 5.85. The Balaban J connectivity index is -0.000000256. The van der Waals surface area contributed by atoms with Gasteiger partial charge in [-0.25, -0.2) is 0 Å². The number of carbonyl (C=O) groups is 2. The predicted molar refractivity (Wildman–Crippen MR) is 75.0 cm³/mol. The van der Waals surface area contributed by atoms with E-state index >= 15 is 0 Å². The molecule has 116 valence electrons. The van der Waals surface area contributed by atoms with E-state index in [2.05, 4.69) is 0 Å². The Morgan fingerprint density at radius 3 is 1.26 bits per heavy atom. The first-order valence-corrected chi connectivity index (χ1v) is 5.73. The van der Waals surface area contributed by atoms with Crippen molar-refractivity contribution in [1.29, 1.82) is 0 Å². The van der Waals surface area contributed by atoms with Crippen LogP contribution in [-0.4, -0.2) is 47.3 Å². The van der Waals surface area contributed by atoms with Crippen LogP contribution >= 0.6 is 12.4 Å². The van der Waals surface area contributed by atoms with Crippen LogP contribution in [0.15, 0.2) is 0 Å². The molecule has 0 aliphatic heterocycles. The van der Waals surface area contributed by atoms with E-state index in [-0.39, 0.29) is 12.4 Å². The lowest BCUT2D eigenvalue weighted by molar-refractivity contribution is -0.139. The molecule has 9 heteroatoms. The number of aliphatic carboxylic acids is 2. The Bertz CT molecular complexity index is 220. The first kappa shape index (κ1) is 23.2. The van der Waals surface area contributed by atoms with E-state index in [0.717, 1.165) is 0 Å². The Morgan fingerprint density at radius 1 is 0.842 bits per heavy atom. The van der Waals surface area contributed by atoms with E-state index < -0.39 is 24.0 Å². The fraction of sp³-hybridized carbons (Fsp3) is 0.800. The predicted octanol–water partition coefficient (Wildman–Crippen LogP) is -1.30. The highest BCUT2D eigenvalue weighted by Gasteiger charge is 2.09. The van der Waals surface area contributed by atoms with E-state index in [1.54, 1.807) is 0 Å². The van der Waals surface area contributed by atoms with Crippen LogP contribution in [0.3, 0.4) is 0 Å². The summed E-state index contributed by atoms with van der Waals surface area (Å²) in [5.41, 5.74) is 20.6. The summed E-state index contributed by atoms with van der Waals surface area (Å²) in [4.78, 5) is 20.1. The lowest BCUT2D eigenvalue weighted by Gasteiger charge is -2.02. The molecule has 0 amide bonds. The standard InChI is InChI=1S/2C5H12N2O2.ClH/c2*6-3-1-2-4(7)5(8)9;/h2*4H,1-3,6-7H2,(H,8,9);1H/t2*4-;/m00./s1. The van der Waals surface area contributed by atoms with Crippen LogP contribution in [0.25, 0.3) is 0 Å². The summed E-state index contributed by atoms with van der Waals surface area (Å²) in [6.45, 7) is 1.00. The van der Waals surface area contributed by atoms with Crippen LogP contribution in [0.5, 0.6) is 0 Å². The fourth-order valence-corrected chi connectivity index (χ4v) is 0.922. The maximum absolute atomic E-state index is 10.0. The van der Waals surface area contributed by atoms with Gasteiger partial charge < -0.3 is 33.1 Å². The van der Waals surface area contributed by atoms with Gasteiger partial charge >= 0.3 is 11.9 Å². The number of halogens is 1. The maximum atomic E-state index is 10.0. The molecule has 0 aromatic rings. The van der Waals surface area contributed by atoms with Crippen molar-refractivity contribution in [3.63, 3.8) is 0 Å². The Kier molecular flexibility index (Phi) is 18.5. The molecule has 2 atom stereocenters. The van der Waals surface area contributed by atoms with Crippen molar-refractivity contribution in [2.75, 3.05) is 13.1 Å². The molecule has 0 radical (unpaired) electrons. The average Bonchev–Trinajstić information content (AvgIpc) is 2.33. The van der Waals surface area contributed by atoms with Crippen LogP contribution in [0, 0.1) is 0 Å². The van der Waals surface area contributed by atoms with Crippen LogP contribution in [0.1, 0.15) is 25.7 Å². The molecule has 0 aliphatic rings. The van der Waals surface area contributed by atoms with Gasteiger partial charge in [-0.3, -0.25) is 9.59 Å². The van der Waals surface area contributed by atoms with E-state index in [4.69, 9.17) is 33.1 Å². The van der Waals surface area contributed by atoms with Crippen LogP contribution in [0.2, 0.25) is 0 Å². The second-order valence-electron chi connectivity index (χ2n) is 3.75. The zero-order valence-electron chi connectivity index (χ0n) is 10.8. The third kappa shape index (κ3) is 17.1. The first-order chi connectivity index (χ1) is 8.36. The lowest BCUT2D eigenvalue weighted by atomic mass is 10.2. The zero-order chi connectivity index (χ0) is 14.6. The van der Waals surface area contributed by atoms with E-state index in [1.165, 1.54) is 0 Å². The Labute approximate surface area is 118 Å². The van der Waals surface area contributed by atoms with Gasteiger partial charge in [-0.05, 0) is 38.8 Å². The Hall–Kier alpha value is -0.930. The molecule has 0 aliphatic carbocycles. The molecule has 19 heavy (non-hydrogen) atoms. The van der Waals surface area contributed by atoms with Crippen molar-refractivity contribution in [3.05, 3.63) is 0 Å². The molecule has 0 saturated carbocycles. The summed E-state index contributed by atoms with van der Waals surface area (Å²) in [5.74, 6) is -1.91. The van der Waals surface area contributed by atoms with Crippen molar-refractivity contribution in [1.82, 2.24) is 0 Å². The van der Waals surface area contributed by atoms with Gasteiger partial charge in [0, 0.05) is 0 Å². The number of hydrogen-bond acceptors (Lipinski definition) is 6. The molecule has 0 rings (SSSR count). The summed E-state index contributed by atoms with van der Waals surface area (Å²) in [6, 6.07) is -1.48. The molecular formula is C10H25ClN4O4. The second kappa shape index (κ2) is 15.1. The van der Waals surface area contributed by atoms with Gasteiger partial charge in [0.25, 0.3) is 0 Å². The van der Waals surface area contributed by atoms with Gasteiger partial charge in [0.05, 0.1) is 0 Å². The average molecular weight is 301 g/mol. The number of rotatable bonds is 8. The number of nitrogens with two attached hydrogens (primary N) is 4. The second-order valence-corrected chi connectivity index (χ2v) is 3.75. The highest BCUT2D eigenvalue weighted by atomic mass is 35.5. The smallest absolute Gasteiger partial charge is 0.320 e. The molecule has 0 fully saturated rings.